The molecule has 0 saturated carbocycles. The maximum Gasteiger partial charge on any atom is 0.142 e. The highest BCUT2D eigenvalue weighted by Crippen LogP contribution is 2.01. The lowest BCUT2D eigenvalue weighted by molar-refractivity contribution is 0.131. The Morgan fingerprint density at radius 3 is 2.06 bits per heavy atom. The van der Waals surface area contributed by atoms with Crippen LogP contribution >= 0.6 is 0 Å². The summed E-state index contributed by atoms with van der Waals surface area (Å²) in [5, 5.41) is 3.94. The van der Waals surface area contributed by atoms with Gasteiger partial charge < -0.3 is 4.84 Å². The smallest absolute Gasteiger partial charge is 0.142 e. The molecule has 0 bridgehead atoms. The summed E-state index contributed by atoms with van der Waals surface area (Å²) in [6.45, 7) is 0.520. The Balaban J connectivity index is 1.72. The molecule has 2 heteroatoms. The van der Waals surface area contributed by atoms with Gasteiger partial charge in [0.2, 0.25) is 0 Å². The van der Waals surface area contributed by atoms with E-state index in [0.717, 1.165) is 12.0 Å². The first-order valence-electron chi connectivity index (χ1n) is 5.67. The third-order valence-corrected chi connectivity index (χ3v) is 2.39. The summed E-state index contributed by atoms with van der Waals surface area (Å²) >= 11 is 0. The summed E-state index contributed by atoms with van der Waals surface area (Å²) in [7, 11) is 0. The maximum atomic E-state index is 5.21. The molecule has 0 radical (unpaired) electrons. The minimum atomic E-state index is 0.520. The molecule has 0 aliphatic rings. The van der Waals surface area contributed by atoms with E-state index in [4.69, 9.17) is 4.84 Å². The van der Waals surface area contributed by atoms with E-state index >= 15 is 0 Å². The zero-order chi connectivity index (χ0) is 11.8. The van der Waals surface area contributed by atoms with Gasteiger partial charge in [-0.25, -0.2) is 0 Å². The standard InChI is InChI=1S/C15H15NO/c1-3-7-14(8-4-1)11-12-16-17-13-15-9-5-2-6-10-15/h1-10,12H,11,13H2. The molecule has 0 N–H and O–H groups in total. The van der Waals surface area contributed by atoms with Gasteiger partial charge in [0.25, 0.3) is 0 Å². The van der Waals surface area contributed by atoms with E-state index in [1.807, 2.05) is 48.5 Å². The Morgan fingerprint density at radius 2 is 1.41 bits per heavy atom. The minimum absolute atomic E-state index is 0.520. The lowest BCUT2D eigenvalue weighted by Crippen LogP contribution is -1.89. The van der Waals surface area contributed by atoms with Gasteiger partial charge in [0, 0.05) is 12.6 Å². The Bertz CT molecular complexity index is 451. The van der Waals surface area contributed by atoms with E-state index in [1.165, 1.54) is 5.56 Å². The van der Waals surface area contributed by atoms with E-state index in [2.05, 4.69) is 17.3 Å². The monoisotopic (exact) mass is 225 g/mol. The molecule has 86 valence electrons. The van der Waals surface area contributed by atoms with Crippen molar-refractivity contribution in [1.29, 1.82) is 0 Å². The third-order valence-electron chi connectivity index (χ3n) is 2.39. The van der Waals surface area contributed by atoms with Crippen LogP contribution in [0.5, 0.6) is 0 Å². The molecule has 0 spiro atoms. The van der Waals surface area contributed by atoms with Crippen molar-refractivity contribution in [3.63, 3.8) is 0 Å². The van der Waals surface area contributed by atoms with Crippen molar-refractivity contribution >= 4 is 6.21 Å². The van der Waals surface area contributed by atoms with Gasteiger partial charge in [0.05, 0.1) is 0 Å². The number of oxime groups is 1. The molecule has 2 aromatic carbocycles. The molecule has 2 rings (SSSR count). The molecule has 0 aromatic heterocycles. The van der Waals surface area contributed by atoms with Gasteiger partial charge in [-0.3, -0.25) is 0 Å². The molecule has 0 aliphatic carbocycles. The molecule has 0 atom stereocenters. The Morgan fingerprint density at radius 1 is 0.824 bits per heavy atom. The maximum absolute atomic E-state index is 5.21. The van der Waals surface area contributed by atoms with E-state index in [9.17, 15) is 0 Å². The van der Waals surface area contributed by atoms with Crippen LogP contribution in [-0.2, 0) is 17.9 Å². The topological polar surface area (TPSA) is 21.6 Å². The Hall–Kier alpha value is -2.09. The number of rotatable bonds is 5. The predicted octanol–water partition coefficient (Wildman–Crippen LogP) is 3.43. The highest BCUT2D eigenvalue weighted by atomic mass is 16.6. The first kappa shape index (κ1) is 11.4. The van der Waals surface area contributed by atoms with E-state index < -0.39 is 0 Å². The number of benzene rings is 2. The van der Waals surface area contributed by atoms with Crippen molar-refractivity contribution in [1.82, 2.24) is 0 Å². The van der Waals surface area contributed by atoms with Gasteiger partial charge >= 0.3 is 0 Å². The molecule has 0 heterocycles. The summed E-state index contributed by atoms with van der Waals surface area (Å²) < 4.78 is 0. The zero-order valence-corrected chi connectivity index (χ0v) is 9.62. The third kappa shape index (κ3) is 4.11. The number of nitrogens with zero attached hydrogens (tertiary/aromatic N) is 1. The average molecular weight is 225 g/mol. The summed E-state index contributed by atoms with van der Waals surface area (Å²) in [6.07, 6.45) is 2.59. The van der Waals surface area contributed by atoms with E-state index in [1.54, 1.807) is 6.21 Å². The average Bonchev–Trinajstić information content (AvgIpc) is 2.41. The SMILES string of the molecule is C(Cc1ccccc1)=NOCc1ccccc1. The van der Waals surface area contributed by atoms with Gasteiger partial charge in [-0.2, -0.15) is 0 Å². The molecule has 0 saturated heterocycles. The van der Waals surface area contributed by atoms with Crippen molar-refractivity contribution in [3.05, 3.63) is 71.8 Å². The van der Waals surface area contributed by atoms with Crippen LogP contribution in [-0.4, -0.2) is 6.21 Å². The molecule has 2 nitrogen and oxygen atoms in total. The molecule has 17 heavy (non-hydrogen) atoms. The fourth-order valence-electron chi connectivity index (χ4n) is 1.50. The van der Waals surface area contributed by atoms with Crippen LogP contribution in [0.1, 0.15) is 11.1 Å². The lowest BCUT2D eigenvalue weighted by Gasteiger charge is -1.98. The van der Waals surface area contributed by atoms with Crippen LogP contribution in [0.25, 0.3) is 0 Å². The van der Waals surface area contributed by atoms with Crippen LogP contribution in [0.4, 0.5) is 0 Å². The zero-order valence-electron chi connectivity index (χ0n) is 9.62. The van der Waals surface area contributed by atoms with Gasteiger partial charge in [0.1, 0.15) is 6.61 Å². The molecular weight excluding hydrogens is 210 g/mol. The normalized spacial score (nSPS) is 10.6. The van der Waals surface area contributed by atoms with Gasteiger partial charge in [-0.05, 0) is 11.1 Å². The highest BCUT2D eigenvalue weighted by Gasteiger charge is 1.89. The van der Waals surface area contributed by atoms with Crippen LogP contribution < -0.4 is 0 Å². The second-order valence-corrected chi connectivity index (χ2v) is 3.74. The van der Waals surface area contributed by atoms with Crippen LogP contribution in [0.2, 0.25) is 0 Å². The minimum Gasteiger partial charge on any atom is -0.391 e. The lowest BCUT2D eigenvalue weighted by atomic mass is 10.2. The number of hydrogen-bond donors (Lipinski definition) is 0. The molecule has 0 amide bonds. The summed E-state index contributed by atoms with van der Waals surface area (Å²) in [6, 6.07) is 20.2. The molecule has 0 fully saturated rings. The first-order valence-corrected chi connectivity index (χ1v) is 5.67. The first-order chi connectivity index (χ1) is 8.45. The van der Waals surface area contributed by atoms with E-state index in [0.29, 0.717) is 6.61 Å². The van der Waals surface area contributed by atoms with Crippen molar-refractivity contribution < 1.29 is 4.84 Å². The summed E-state index contributed by atoms with van der Waals surface area (Å²) in [4.78, 5) is 5.21. The summed E-state index contributed by atoms with van der Waals surface area (Å²) in [5.41, 5.74) is 2.36. The highest BCUT2D eigenvalue weighted by molar-refractivity contribution is 5.60. The van der Waals surface area contributed by atoms with Crippen LogP contribution in [0.15, 0.2) is 65.8 Å². The van der Waals surface area contributed by atoms with Gasteiger partial charge in [-0.15, -0.1) is 0 Å². The largest absolute Gasteiger partial charge is 0.391 e. The van der Waals surface area contributed by atoms with Crippen LogP contribution in [0.3, 0.4) is 0 Å². The summed E-state index contributed by atoms with van der Waals surface area (Å²) in [5.74, 6) is 0. The van der Waals surface area contributed by atoms with Crippen molar-refractivity contribution in [2.24, 2.45) is 5.16 Å². The fraction of sp³-hybridized carbons (Fsp3) is 0.133. The fourth-order valence-corrected chi connectivity index (χ4v) is 1.50. The van der Waals surface area contributed by atoms with Gasteiger partial charge in [0.15, 0.2) is 0 Å². The molecular formula is C15H15NO. The van der Waals surface area contributed by atoms with Crippen LogP contribution in [0, 0.1) is 0 Å². The quantitative estimate of drug-likeness (QED) is 0.564. The van der Waals surface area contributed by atoms with Crippen molar-refractivity contribution in [3.8, 4) is 0 Å². The predicted molar refractivity (Wildman–Crippen MR) is 69.9 cm³/mol. The molecule has 2 aromatic rings. The second-order valence-electron chi connectivity index (χ2n) is 3.74. The van der Waals surface area contributed by atoms with Gasteiger partial charge in [-0.1, -0.05) is 65.8 Å². The molecule has 0 aliphatic heterocycles. The molecule has 0 unspecified atom stereocenters. The Labute approximate surface area is 102 Å². The number of hydrogen-bond acceptors (Lipinski definition) is 2. The van der Waals surface area contributed by atoms with Crippen molar-refractivity contribution in [2.75, 3.05) is 0 Å². The Kier molecular flexibility index (Phi) is 4.35. The van der Waals surface area contributed by atoms with E-state index in [-0.39, 0.29) is 0 Å². The second kappa shape index (κ2) is 6.48. The van der Waals surface area contributed by atoms with Crippen molar-refractivity contribution in [2.45, 2.75) is 13.0 Å².